The summed E-state index contributed by atoms with van der Waals surface area (Å²) < 4.78 is 14.0. The summed E-state index contributed by atoms with van der Waals surface area (Å²) in [6.45, 7) is 4.43. The fourth-order valence-corrected chi connectivity index (χ4v) is 3.65. The first-order valence-electron chi connectivity index (χ1n) is 8.07. The Bertz CT molecular complexity index is 606. The molecular weight excluding hydrogens is 470 g/mol. The minimum atomic E-state index is -0.197. The van der Waals surface area contributed by atoms with E-state index in [0.717, 1.165) is 54.1 Å². The molecule has 0 unspecified atom stereocenters. The molecule has 0 bridgehead atoms. The first-order chi connectivity index (χ1) is 11.8. The standard InChI is InChI=1S/C17H23FN4S2.HI/c1-2-19-16(20-9-3-12-23-17-22-11-13-24-17)21-10-8-14-4-6-15(18)7-5-14;/h4-7,11,13H,2-3,8-10,12H2,1H3,(H2,19,20,21);1H. The third-order valence-electron chi connectivity index (χ3n) is 3.17. The Kier molecular flexibility index (Phi) is 11.8. The Hall–Kier alpha value is -0.870. The lowest BCUT2D eigenvalue weighted by Gasteiger charge is -2.11. The number of hydrogen-bond acceptors (Lipinski definition) is 4. The summed E-state index contributed by atoms with van der Waals surface area (Å²) in [6, 6.07) is 6.62. The number of benzene rings is 1. The molecule has 0 atom stereocenters. The zero-order valence-electron chi connectivity index (χ0n) is 14.2. The van der Waals surface area contributed by atoms with Gasteiger partial charge >= 0.3 is 0 Å². The van der Waals surface area contributed by atoms with Crippen LogP contribution in [0.1, 0.15) is 18.9 Å². The molecular formula is C17H24FIN4S2. The van der Waals surface area contributed by atoms with E-state index in [1.807, 2.05) is 23.7 Å². The number of hydrogen-bond donors (Lipinski definition) is 2. The van der Waals surface area contributed by atoms with Crippen LogP contribution in [0.5, 0.6) is 0 Å². The van der Waals surface area contributed by atoms with Crippen LogP contribution in [-0.4, -0.2) is 36.3 Å². The molecule has 2 aromatic rings. The molecule has 0 amide bonds. The Morgan fingerprint density at radius 2 is 2.08 bits per heavy atom. The Morgan fingerprint density at radius 3 is 2.76 bits per heavy atom. The van der Waals surface area contributed by atoms with Gasteiger partial charge in [0.25, 0.3) is 0 Å². The van der Waals surface area contributed by atoms with Gasteiger partial charge in [-0.3, -0.25) is 4.99 Å². The predicted octanol–water partition coefficient (Wildman–Crippen LogP) is 4.18. The predicted molar refractivity (Wildman–Crippen MR) is 117 cm³/mol. The SMILES string of the molecule is CCNC(=NCCCSc1nccs1)NCCc1ccc(F)cc1.I. The normalized spacial score (nSPS) is 11.0. The second-order valence-corrected chi connectivity index (χ2v) is 7.30. The molecule has 1 aromatic carbocycles. The molecule has 0 radical (unpaired) electrons. The minimum absolute atomic E-state index is 0. The molecule has 2 N–H and O–H groups in total. The van der Waals surface area contributed by atoms with Crippen LogP contribution >= 0.6 is 47.1 Å². The van der Waals surface area contributed by atoms with Crippen molar-refractivity contribution in [3.05, 3.63) is 47.2 Å². The maximum absolute atomic E-state index is 12.9. The maximum Gasteiger partial charge on any atom is 0.191 e. The number of aromatic nitrogens is 1. The van der Waals surface area contributed by atoms with E-state index in [0.29, 0.717) is 0 Å². The van der Waals surface area contributed by atoms with Gasteiger partial charge < -0.3 is 10.6 Å². The third kappa shape index (κ3) is 9.41. The lowest BCUT2D eigenvalue weighted by atomic mass is 10.1. The van der Waals surface area contributed by atoms with Crippen LogP contribution in [0.2, 0.25) is 0 Å². The van der Waals surface area contributed by atoms with Gasteiger partial charge in [-0.1, -0.05) is 23.9 Å². The van der Waals surface area contributed by atoms with Crippen molar-refractivity contribution in [2.75, 3.05) is 25.4 Å². The van der Waals surface area contributed by atoms with E-state index in [4.69, 9.17) is 0 Å². The monoisotopic (exact) mass is 494 g/mol. The first kappa shape index (κ1) is 22.2. The van der Waals surface area contributed by atoms with Gasteiger partial charge in [0, 0.05) is 37.0 Å². The summed E-state index contributed by atoms with van der Waals surface area (Å²) in [5.74, 6) is 1.66. The quantitative estimate of drug-likeness (QED) is 0.181. The molecule has 0 spiro atoms. The molecule has 25 heavy (non-hydrogen) atoms. The number of nitrogens with one attached hydrogen (secondary N) is 2. The summed E-state index contributed by atoms with van der Waals surface area (Å²) in [5, 5.41) is 8.56. The van der Waals surface area contributed by atoms with Crippen molar-refractivity contribution < 1.29 is 4.39 Å². The highest BCUT2D eigenvalue weighted by atomic mass is 127. The van der Waals surface area contributed by atoms with Crippen molar-refractivity contribution in [3.8, 4) is 0 Å². The largest absolute Gasteiger partial charge is 0.357 e. The number of thiazole rings is 1. The molecule has 0 aliphatic carbocycles. The summed E-state index contributed by atoms with van der Waals surface area (Å²) in [5.41, 5.74) is 1.11. The highest BCUT2D eigenvalue weighted by molar-refractivity contribution is 14.0. The Morgan fingerprint density at radius 1 is 1.28 bits per heavy atom. The molecule has 1 aromatic heterocycles. The zero-order chi connectivity index (χ0) is 17.0. The van der Waals surface area contributed by atoms with E-state index >= 15 is 0 Å². The highest BCUT2D eigenvalue weighted by Gasteiger charge is 1.99. The molecule has 4 nitrogen and oxygen atoms in total. The van der Waals surface area contributed by atoms with Crippen molar-refractivity contribution in [2.45, 2.75) is 24.1 Å². The molecule has 138 valence electrons. The second-order valence-electron chi connectivity index (χ2n) is 5.06. The van der Waals surface area contributed by atoms with Crippen LogP contribution in [0.3, 0.4) is 0 Å². The van der Waals surface area contributed by atoms with Gasteiger partial charge in [-0.15, -0.1) is 35.3 Å². The van der Waals surface area contributed by atoms with Gasteiger partial charge in [-0.05, 0) is 37.5 Å². The minimum Gasteiger partial charge on any atom is -0.357 e. The molecule has 0 fully saturated rings. The molecule has 0 saturated carbocycles. The van der Waals surface area contributed by atoms with E-state index < -0.39 is 0 Å². The van der Waals surface area contributed by atoms with Gasteiger partial charge in [0.2, 0.25) is 0 Å². The van der Waals surface area contributed by atoms with E-state index in [2.05, 4.69) is 27.5 Å². The van der Waals surface area contributed by atoms with Gasteiger partial charge in [-0.25, -0.2) is 9.37 Å². The lowest BCUT2D eigenvalue weighted by molar-refractivity contribution is 0.626. The van der Waals surface area contributed by atoms with Crippen molar-refractivity contribution >= 4 is 53.0 Å². The smallest absolute Gasteiger partial charge is 0.191 e. The van der Waals surface area contributed by atoms with Crippen molar-refractivity contribution in [1.29, 1.82) is 0 Å². The van der Waals surface area contributed by atoms with Gasteiger partial charge in [0.15, 0.2) is 5.96 Å². The third-order valence-corrected chi connectivity index (χ3v) is 5.22. The summed E-state index contributed by atoms with van der Waals surface area (Å²) in [4.78, 5) is 8.83. The molecule has 8 heteroatoms. The van der Waals surface area contributed by atoms with E-state index in [1.165, 1.54) is 12.1 Å². The number of halogens is 2. The average Bonchev–Trinajstić information content (AvgIpc) is 3.10. The van der Waals surface area contributed by atoms with Crippen molar-refractivity contribution in [2.24, 2.45) is 4.99 Å². The molecule has 0 saturated heterocycles. The number of thioether (sulfide) groups is 1. The van der Waals surface area contributed by atoms with Crippen LogP contribution in [-0.2, 0) is 6.42 Å². The van der Waals surface area contributed by atoms with Crippen LogP contribution < -0.4 is 10.6 Å². The van der Waals surface area contributed by atoms with Gasteiger partial charge in [-0.2, -0.15) is 0 Å². The second kappa shape index (κ2) is 13.3. The fraction of sp³-hybridized carbons (Fsp3) is 0.412. The Labute approximate surface area is 174 Å². The summed E-state index contributed by atoms with van der Waals surface area (Å²) >= 11 is 3.45. The van der Waals surface area contributed by atoms with Gasteiger partial charge in [0.05, 0.1) is 0 Å². The van der Waals surface area contributed by atoms with Crippen LogP contribution in [0.4, 0.5) is 4.39 Å². The summed E-state index contributed by atoms with van der Waals surface area (Å²) in [7, 11) is 0. The number of guanidine groups is 1. The van der Waals surface area contributed by atoms with Crippen LogP contribution in [0.15, 0.2) is 45.2 Å². The summed E-state index contributed by atoms with van der Waals surface area (Å²) in [6.07, 6.45) is 3.68. The lowest BCUT2D eigenvalue weighted by Crippen LogP contribution is -2.38. The number of nitrogens with zero attached hydrogens (tertiary/aromatic N) is 2. The van der Waals surface area contributed by atoms with E-state index in [-0.39, 0.29) is 29.8 Å². The van der Waals surface area contributed by atoms with Gasteiger partial charge in [0.1, 0.15) is 10.2 Å². The van der Waals surface area contributed by atoms with Crippen molar-refractivity contribution in [3.63, 3.8) is 0 Å². The van der Waals surface area contributed by atoms with Crippen LogP contribution in [0.25, 0.3) is 0 Å². The maximum atomic E-state index is 12.9. The molecule has 2 rings (SSSR count). The average molecular weight is 494 g/mol. The first-order valence-corrected chi connectivity index (χ1v) is 9.93. The fourth-order valence-electron chi connectivity index (χ4n) is 2.01. The van der Waals surface area contributed by atoms with Crippen molar-refractivity contribution in [1.82, 2.24) is 15.6 Å². The Balaban J connectivity index is 0.00000312. The molecule has 0 aliphatic heterocycles. The van der Waals surface area contributed by atoms with E-state index in [1.54, 1.807) is 23.1 Å². The van der Waals surface area contributed by atoms with Crippen LogP contribution in [0, 0.1) is 5.82 Å². The topological polar surface area (TPSA) is 49.3 Å². The number of aliphatic imine (C=N–C) groups is 1. The molecule has 0 aliphatic rings. The number of rotatable bonds is 9. The zero-order valence-corrected chi connectivity index (χ0v) is 18.2. The van der Waals surface area contributed by atoms with E-state index in [9.17, 15) is 4.39 Å². The molecule has 1 heterocycles. The highest BCUT2D eigenvalue weighted by Crippen LogP contribution is 2.20.